The van der Waals surface area contributed by atoms with Crippen molar-refractivity contribution >= 4 is 38.8 Å². The number of benzene rings is 1. The topological polar surface area (TPSA) is 38.0 Å². The molecule has 19 heavy (non-hydrogen) atoms. The summed E-state index contributed by atoms with van der Waals surface area (Å²) in [6.45, 7) is 3.09. The molecule has 1 saturated carbocycles. The average Bonchev–Trinajstić information content (AvgIpc) is 2.76. The van der Waals surface area contributed by atoms with E-state index in [1.54, 1.807) is 12.1 Å². The monoisotopic (exact) mass is 344 g/mol. The zero-order valence-corrected chi connectivity index (χ0v) is 13.3. The average molecular weight is 345 g/mol. The highest BCUT2D eigenvalue weighted by molar-refractivity contribution is 9.10. The van der Waals surface area contributed by atoms with Gasteiger partial charge in [0.15, 0.2) is 5.82 Å². The standard InChI is InChI=1S/C14H18BrFN2S/c1-8-2-3-9(6-8)7-18-11-5-4-10(14(17)19)12(15)13(11)16/h4-5,8-9,18H,2-3,6-7H2,1H3,(H2,17,19). The molecular formula is C14H18BrFN2S. The molecule has 0 aromatic heterocycles. The molecule has 0 heterocycles. The fraction of sp³-hybridized carbons (Fsp3) is 0.500. The van der Waals surface area contributed by atoms with E-state index in [1.807, 2.05) is 0 Å². The van der Waals surface area contributed by atoms with Crippen molar-refractivity contribution < 1.29 is 4.39 Å². The summed E-state index contributed by atoms with van der Waals surface area (Å²) in [6.07, 6.45) is 3.72. The molecule has 2 atom stereocenters. The van der Waals surface area contributed by atoms with Crippen molar-refractivity contribution in [2.45, 2.75) is 26.2 Å². The Morgan fingerprint density at radius 1 is 1.53 bits per heavy atom. The molecule has 0 bridgehead atoms. The first kappa shape index (κ1) is 14.7. The summed E-state index contributed by atoms with van der Waals surface area (Å²) in [5.41, 5.74) is 6.58. The fourth-order valence-corrected chi connectivity index (χ4v) is 3.50. The second-order valence-electron chi connectivity index (χ2n) is 5.32. The zero-order chi connectivity index (χ0) is 14.0. The third-order valence-electron chi connectivity index (χ3n) is 3.73. The summed E-state index contributed by atoms with van der Waals surface area (Å²) in [7, 11) is 0. The summed E-state index contributed by atoms with van der Waals surface area (Å²) in [5.74, 6) is 1.11. The SMILES string of the molecule is CC1CCC(CNc2ccc(C(N)=S)c(Br)c2F)C1. The minimum atomic E-state index is -0.323. The van der Waals surface area contributed by atoms with Crippen LogP contribution in [-0.2, 0) is 0 Å². The Bertz CT molecular complexity index is 493. The van der Waals surface area contributed by atoms with Crippen LogP contribution in [0.4, 0.5) is 10.1 Å². The molecule has 104 valence electrons. The molecule has 0 aliphatic heterocycles. The van der Waals surface area contributed by atoms with Crippen LogP contribution in [0.5, 0.6) is 0 Å². The normalized spacial score (nSPS) is 22.5. The molecule has 0 radical (unpaired) electrons. The number of nitrogens with one attached hydrogen (secondary N) is 1. The van der Waals surface area contributed by atoms with Gasteiger partial charge in [-0.25, -0.2) is 4.39 Å². The van der Waals surface area contributed by atoms with Gasteiger partial charge in [-0.1, -0.05) is 25.6 Å². The van der Waals surface area contributed by atoms with Crippen molar-refractivity contribution in [3.8, 4) is 0 Å². The highest BCUT2D eigenvalue weighted by Gasteiger charge is 2.21. The molecule has 0 amide bonds. The van der Waals surface area contributed by atoms with Gasteiger partial charge >= 0.3 is 0 Å². The summed E-state index contributed by atoms with van der Waals surface area (Å²) in [4.78, 5) is 0.196. The van der Waals surface area contributed by atoms with Gasteiger partial charge < -0.3 is 11.1 Å². The molecule has 2 nitrogen and oxygen atoms in total. The summed E-state index contributed by atoms with van der Waals surface area (Å²) in [5, 5.41) is 3.19. The van der Waals surface area contributed by atoms with Crippen molar-refractivity contribution in [1.82, 2.24) is 0 Å². The lowest BCUT2D eigenvalue weighted by atomic mass is 10.1. The van der Waals surface area contributed by atoms with Crippen molar-refractivity contribution in [1.29, 1.82) is 0 Å². The van der Waals surface area contributed by atoms with Gasteiger partial charge in [-0.2, -0.15) is 0 Å². The third kappa shape index (κ3) is 3.45. The lowest BCUT2D eigenvalue weighted by molar-refractivity contribution is 0.535. The van der Waals surface area contributed by atoms with Crippen molar-refractivity contribution in [2.24, 2.45) is 17.6 Å². The van der Waals surface area contributed by atoms with Crippen molar-refractivity contribution in [3.05, 3.63) is 28.0 Å². The minimum absolute atomic E-state index is 0.196. The zero-order valence-electron chi connectivity index (χ0n) is 10.9. The molecule has 1 aliphatic carbocycles. The number of hydrogen-bond acceptors (Lipinski definition) is 2. The van der Waals surface area contributed by atoms with Crippen LogP contribution >= 0.6 is 28.1 Å². The number of halogens is 2. The molecule has 2 unspecified atom stereocenters. The van der Waals surface area contributed by atoms with E-state index in [9.17, 15) is 4.39 Å². The number of hydrogen-bond donors (Lipinski definition) is 2. The Balaban J connectivity index is 2.05. The van der Waals surface area contributed by atoms with Gasteiger partial charge in [0.25, 0.3) is 0 Å². The predicted molar refractivity (Wildman–Crippen MR) is 85.0 cm³/mol. The maximum absolute atomic E-state index is 14.1. The Morgan fingerprint density at radius 2 is 2.26 bits per heavy atom. The van der Waals surface area contributed by atoms with E-state index in [1.165, 1.54) is 19.3 Å². The van der Waals surface area contributed by atoms with Gasteiger partial charge in [0.05, 0.1) is 10.2 Å². The van der Waals surface area contributed by atoms with Gasteiger partial charge in [0.2, 0.25) is 0 Å². The van der Waals surface area contributed by atoms with Crippen LogP contribution in [0.1, 0.15) is 31.7 Å². The number of anilines is 1. The van der Waals surface area contributed by atoms with E-state index in [0.717, 1.165) is 12.5 Å². The van der Waals surface area contributed by atoms with Crippen LogP contribution in [0.3, 0.4) is 0 Å². The van der Waals surface area contributed by atoms with Gasteiger partial charge in [-0.05, 0) is 52.7 Å². The molecule has 1 aliphatic rings. The van der Waals surface area contributed by atoms with E-state index in [0.29, 0.717) is 21.6 Å². The first-order valence-electron chi connectivity index (χ1n) is 6.50. The second-order valence-corrected chi connectivity index (χ2v) is 6.55. The Kier molecular flexibility index (Phi) is 4.79. The summed E-state index contributed by atoms with van der Waals surface area (Å²) < 4.78 is 14.5. The van der Waals surface area contributed by atoms with Crippen LogP contribution in [0.15, 0.2) is 16.6 Å². The molecule has 1 aromatic carbocycles. The number of nitrogens with two attached hydrogens (primary N) is 1. The van der Waals surface area contributed by atoms with E-state index in [-0.39, 0.29) is 10.8 Å². The molecular weight excluding hydrogens is 327 g/mol. The lowest BCUT2D eigenvalue weighted by Gasteiger charge is -2.14. The quantitative estimate of drug-likeness (QED) is 0.808. The number of thiocarbonyl (C=S) groups is 1. The van der Waals surface area contributed by atoms with E-state index >= 15 is 0 Å². The van der Waals surface area contributed by atoms with Crippen LogP contribution in [-0.4, -0.2) is 11.5 Å². The van der Waals surface area contributed by atoms with E-state index in [4.69, 9.17) is 18.0 Å². The van der Waals surface area contributed by atoms with Crippen LogP contribution in [0.25, 0.3) is 0 Å². The smallest absolute Gasteiger partial charge is 0.161 e. The molecule has 5 heteroatoms. The van der Waals surface area contributed by atoms with Gasteiger partial charge in [-0.15, -0.1) is 0 Å². The molecule has 2 rings (SSSR count). The highest BCUT2D eigenvalue weighted by Crippen LogP contribution is 2.32. The van der Waals surface area contributed by atoms with E-state index in [2.05, 4.69) is 28.2 Å². The van der Waals surface area contributed by atoms with Crippen molar-refractivity contribution in [2.75, 3.05) is 11.9 Å². The first-order valence-corrected chi connectivity index (χ1v) is 7.70. The molecule has 1 aromatic rings. The minimum Gasteiger partial charge on any atom is -0.389 e. The van der Waals surface area contributed by atoms with Crippen molar-refractivity contribution in [3.63, 3.8) is 0 Å². The fourth-order valence-electron chi connectivity index (χ4n) is 2.64. The van der Waals surface area contributed by atoms with Gasteiger partial charge in [-0.3, -0.25) is 0 Å². The van der Waals surface area contributed by atoms with Gasteiger partial charge in [0, 0.05) is 12.1 Å². The molecule has 0 saturated heterocycles. The predicted octanol–water partition coefficient (Wildman–Crippen LogP) is 4.07. The van der Waals surface area contributed by atoms with Crippen LogP contribution in [0.2, 0.25) is 0 Å². The maximum Gasteiger partial charge on any atom is 0.161 e. The first-order chi connectivity index (χ1) is 8.99. The molecule has 0 spiro atoms. The summed E-state index contributed by atoms with van der Waals surface area (Å²) >= 11 is 8.09. The van der Waals surface area contributed by atoms with Crippen LogP contribution < -0.4 is 11.1 Å². The second kappa shape index (κ2) is 6.18. The summed E-state index contributed by atoms with van der Waals surface area (Å²) in [6, 6.07) is 3.45. The Hall–Kier alpha value is -0.680. The highest BCUT2D eigenvalue weighted by atomic mass is 79.9. The number of rotatable bonds is 4. The van der Waals surface area contributed by atoms with Gasteiger partial charge in [0.1, 0.15) is 4.99 Å². The molecule has 3 N–H and O–H groups in total. The van der Waals surface area contributed by atoms with Crippen LogP contribution in [0, 0.1) is 17.7 Å². The largest absolute Gasteiger partial charge is 0.389 e. The maximum atomic E-state index is 14.1. The lowest BCUT2D eigenvalue weighted by Crippen LogP contribution is -2.15. The third-order valence-corrected chi connectivity index (χ3v) is 4.73. The van der Waals surface area contributed by atoms with E-state index < -0.39 is 0 Å². The molecule has 1 fully saturated rings. The Morgan fingerprint density at radius 3 is 2.84 bits per heavy atom. The Labute approximate surface area is 127 Å².